The lowest BCUT2D eigenvalue weighted by atomic mass is 9.95. The van der Waals surface area contributed by atoms with Gasteiger partial charge in [0.05, 0.1) is 6.61 Å². The highest BCUT2D eigenvalue weighted by atomic mass is 16.3. The fourth-order valence-electron chi connectivity index (χ4n) is 2.03. The molecule has 0 saturated carbocycles. The van der Waals surface area contributed by atoms with E-state index in [0.29, 0.717) is 6.42 Å². The van der Waals surface area contributed by atoms with Crippen molar-refractivity contribution in [1.29, 1.82) is 0 Å². The Balaban J connectivity index is 2.01. The average Bonchev–Trinajstić information content (AvgIpc) is 2.52. The van der Waals surface area contributed by atoms with Crippen LogP contribution in [0.25, 0.3) is 6.08 Å². The van der Waals surface area contributed by atoms with Crippen molar-refractivity contribution in [3.63, 3.8) is 0 Å². The predicted octanol–water partition coefficient (Wildman–Crippen LogP) is 3.12. The van der Waals surface area contributed by atoms with Gasteiger partial charge in [-0.2, -0.15) is 0 Å². The highest BCUT2D eigenvalue weighted by Gasteiger charge is 2.15. The minimum atomic E-state index is -0.377. The summed E-state index contributed by atoms with van der Waals surface area (Å²) in [6, 6.07) is 19.4. The van der Waals surface area contributed by atoms with E-state index < -0.39 is 0 Å². The van der Waals surface area contributed by atoms with Crippen LogP contribution in [0.15, 0.2) is 66.7 Å². The third-order valence-electron chi connectivity index (χ3n) is 3.19. The minimum absolute atomic E-state index is 0.0415. The van der Waals surface area contributed by atoms with Crippen molar-refractivity contribution in [3.05, 3.63) is 77.9 Å². The largest absolute Gasteiger partial charge is 0.396 e. The quantitative estimate of drug-likeness (QED) is 0.816. The number of carbonyl (C=O) groups is 1. The van der Waals surface area contributed by atoms with Crippen molar-refractivity contribution in [2.24, 2.45) is 5.92 Å². The molecule has 0 aliphatic rings. The molecule has 2 heteroatoms. The van der Waals surface area contributed by atoms with Gasteiger partial charge in [0, 0.05) is 5.92 Å². The molecule has 0 heterocycles. The first-order chi connectivity index (χ1) is 9.79. The van der Waals surface area contributed by atoms with E-state index in [2.05, 4.69) is 0 Å². The van der Waals surface area contributed by atoms with E-state index in [1.807, 2.05) is 60.7 Å². The van der Waals surface area contributed by atoms with Gasteiger partial charge in [-0.3, -0.25) is 4.79 Å². The number of hydrogen-bond donors (Lipinski definition) is 1. The summed E-state index contributed by atoms with van der Waals surface area (Å²) in [4.78, 5) is 12.1. The number of benzene rings is 2. The molecule has 0 aliphatic heterocycles. The summed E-state index contributed by atoms with van der Waals surface area (Å²) in [5.41, 5.74) is 2.05. The van der Waals surface area contributed by atoms with Crippen LogP contribution in [0.1, 0.15) is 11.1 Å². The highest BCUT2D eigenvalue weighted by molar-refractivity contribution is 5.95. The Kier molecular flexibility index (Phi) is 5.27. The first kappa shape index (κ1) is 14.2. The lowest BCUT2D eigenvalue weighted by molar-refractivity contribution is -0.119. The first-order valence-corrected chi connectivity index (χ1v) is 6.71. The average molecular weight is 266 g/mol. The second kappa shape index (κ2) is 7.41. The van der Waals surface area contributed by atoms with Crippen LogP contribution in [0, 0.1) is 5.92 Å². The molecule has 2 aromatic rings. The minimum Gasteiger partial charge on any atom is -0.396 e. The van der Waals surface area contributed by atoms with E-state index in [9.17, 15) is 9.90 Å². The molecule has 0 amide bonds. The maximum Gasteiger partial charge on any atom is 0.161 e. The molecule has 0 spiro atoms. The fraction of sp³-hybridized carbons (Fsp3) is 0.167. The molecule has 0 radical (unpaired) electrons. The molecule has 2 aromatic carbocycles. The molecule has 0 bridgehead atoms. The zero-order valence-corrected chi connectivity index (χ0v) is 11.3. The summed E-state index contributed by atoms with van der Waals surface area (Å²) >= 11 is 0. The summed E-state index contributed by atoms with van der Waals surface area (Å²) in [6.45, 7) is -0.132. The lowest BCUT2D eigenvalue weighted by Crippen LogP contribution is -2.19. The maximum absolute atomic E-state index is 12.1. The number of aliphatic hydroxyl groups is 1. The predicted molar refractivity (Wildman–Crippen MR) is 81.2 cm³/mol. The number of hydrogen-bond acceptors (Lipinski definition) is 2. The van der Waals surface area contributed by atoms with Crippen LogP contribution >= 0.6 is 0 Å². The van der Waals surface area contributed by atoms with Crippen molar-refractivity contribution in [2.75, 3.05) is 6.61 Å². The molecular formula is C18H18O2. The number of allylic oxidation sites excluding steroid dienone is 1. The molecule has 1 unspecified atom stereocenters. The van der Waals surface area contributed by atoms with Gasteiger partial charge in [-0.15, -0.1) is 0 Å². The van der Waals surface area contributed by atoms with Crippen molar-refractivity contribution >= 4 is 11.9 Å². The summed E-state index contributed by atoms with van der Waals surface area (Å²) in [7, 11) is 0. The van der Waals surface area contributed by atoms with Gasteiger partial charge in [0.15, 0.2) is 5.78 Å². The Hall–Kier alpha value is -2.19. The summed E-state index contributed by atoms with van der Waals surface area (Å²) in [6.07, 6.45) is 3.91. The normalized spacial score (nSPS) is 12.4. The lowest BCUT2D eigenvalue weighted by Gasteiger charge is -2.10. The standard InChI is InChI=1S/C18H18O2/c19-14-17(13-16-9-5-2-6-10-16)18(20)12-11-15-7-3-1-4-8-15/h1-12,17,19H,13-14H2/b12-11+. The molecular weight excluding hydrogens is 248 g/mol. The van der Waals surface area contributed by atoms with Gasteiger partial charge in [-0.1, -0.05) is 66.7 Å². The molecule has 0 saturated heterocycles. The topological polar surface area (TPSA) is 37.3 Å². The van der Waals surface area contributed by atoms with Gasteiger partial charge in [-0.25, -0.2) is 0 Å². The van der Waals surface area contributed by atoms with Gasteiger partial charge in [0.25, 0.3) is 0 Å². The highest BCUT2D eigenvalue weighted by Crippen LogP contribution is 2.11. The maximum atomic E-state index is 12.1. The van der Waals surface area contributed by atoms with E-state index in [-0.39, 0.29) is 18.3 Å². The van der Waals surface area contributed by atoms with Crippen LogP contribution < -0.4 is 0 Å². The molecule has 102 valence electrons. The molecule has 1 N–H and O–H groups in total. The van der Waals surface area contributed by atoms with Gasteiger partial charge < -0.3 is 5.11 Å². The Morgan fingerprint density at radius 1 is 1.00 bits per heavy atom. The zero-order valence-electron chi connectivity index (χ0n) is 11.3. The summed E-state index contributed by atoms with van der Waals surface area (Å²) < 4.78 is 0. The number of aliphatic hydroxyl groups excluding tert-OH is 1. The van der Waals surface area contributed by atoms with E-state index in [0.717, 1.165) is 11.1 Å². The zero-order chi connectivity index (χ0) is 14.2. The van der Waals surface area contributed by atoms with E-state index in [4.69, 9.17) is 0 Å². The van der Waals surface area contributed by atoms with Crippen molar-refractivity contribution < 1.29 is 9.90 Å². The van der Waals surface area contributed by atoms with E-state index in [1.54, 1.807) is 12.2 Å². The third-order valence-corrected chi connectivity index (χ3v) is 3.19. The van der Waals surface area contributed by atoms with Crippen molar-refractivity contribution in [3.8, 4) is 0 Å². The van der Waals surface area contributed by atoms with Gasteiger partial charge in [-0.05, 0) is 23.6 Å². The van der Waals surface area contributed by atoms with E-state index in [1.165, 1.54) is 0 Å². The van der Waals surface area contributed by atoms with Gasteiger partial charge in [0.1, 0.15) is 0 Å². The van der Waals surface area contributed by atoms with Crippen LogP contribution in [0.2, 0.25) is 0 Å². The van der Waals surface area contributed by atoms with Crippen LogP contribution in [-0.2, 0) is 11.2 Å². The van der Waals surface area contributed by atoms with Crippen molar-refractivity contribution in [2.45, 2.75) is 6.42 Å². The van der Waals surface area contributed by atoms with E-state index >= 15 is 0 Å². The molecule has 0 aromatic heterocycles. The van der Waals surface area contributed by atoms with Gasteiger partial charge in [0.2, 0.25) is 0 Å². The Morgan fingerprint density at radius 2 is 1.60 bits per heavy atom. The van der Waals surface area contributed by atoms with Crippen LogP contribution in [0.5, 0.6) is 0 Å². The second-order valence-corrected chi connectivity index (χ2v) is 4.72. The summed E-state index contributed by atoms with van der Waals surface area (Å²) in [5.74, 6) is -0.419. The monoisotopic (exact) mass is 266 g/mol. The van der Waals surface area contributed by atoms with Crippen LogP contribution in [-0.4, -0.2) is 17.5 Å². The summed E-state index contributed by atoms with van der Waals surface area (Å²) in [5, 5.41) is 9.40. The number of carbonyl (C=O) groups excluding carboxylic acids is 1. The third kappa shape index (κ3) is 4.18. The number of ketones is 1. The Bertz CT molecular complexity index is 558. The van der Waals surface area contributed by atoms with Crippen molar-refractivity contribution in [1.82, 2.24) is 0 Å². The molecule has 1 atom stereocenters. The second-order valence-electron chi connectivity index (χ2n) is 4.72. The van der Waals surface area contributed by atoms with Gasteiger partial charge >= 0.3 is 0 Å². The SMILES string of the molecule is O=C(/C=C/c1ccccc1)C(CO)Cc1ccccc1. The fourth-order valence-corrected chi connectivity index (χ4v) is 2.03. The van der Waals surface area contributed by atoms with Crippen LogP contribution in [0.3, 0.4) is 0 Å². The molecule has 0 fully saturated rings. The Morgan fingerprint density at radius 3 is 2.20 bits per heavy atom. The Labute approximate surface area is 119 Å². The van der Waals surface area contributed by atoms with Crippen LogP contribution in [0.4, 0.5) is 0 Å². The molecule has 2 rings (SSSR count). The first-order valence-electron chi connectivity index (χ1n) is 6.71. The molecule has 0 aliphatic carbocycles. The molecule has 20 heavy (non-hydrogen) atoms. The molecule has 2 nitrogen and oxygen atoms in total. The number of rotatable bonds is 6. The smallest absolute Gasteiger partial charge is 0.161 e.